The van der Waals surface area contributed by atoms with Gasteiger partial charge in [-0.3, -0.25) is 10.1 Å². The number of ether oxygens (including phenoxy) is 1. The lowest BCUT2D eigenvalue weighted by Crippen LogP contribution is -2.47. The van der Waals surface area contributed by atoms with Crippen LogP contribution in [0.2, 0.25) is 0 Å². The molecule has 1 aromatic rings. The van der Waals surface area contributed by atoms with E-state index in [2.05, 4.69) is 10.6 Å². The number of nitro benzene ring substituents is 1. The number of nitrogens with zero attached hydrogens (tertiary/aromatic N) is 2. The maximum Gasteiger partial charge on any atom is 0.269 e. The van der Waals surface area contributed by atoms with Gasteiger partial charge in [0.25, 0.3) is 5.69 Å². The van der Waals surface area contributed by atoms with E-state index in [4.69, 9.17) is 9.73 Å². The number of rotatable bonds is 6. The number of hydrogen-bond donors (Lipinski definition) is 2. The van der Waals surface area contributed by atoms with Crippen molar-refractivity contribution >= 4 is 11.6 Å². The Bertz CT molecular complexity index is 685. The van der Waals surface area contributed by atoms with Crippen molar-refractivity contribution in [3.63, 3.8) is 0 Å². The summed E-state index contributed by atoms with van der Waals surface area (Å²) < 4.78 is 5.71. The molecule has 1 saturated heterocycles. The van der Waals surface area contributed by atoms with Crippen LogP contribution >= 0.6 is 0 Å². The van der Waals surface area contributed by atoms with E-state index in [0.29, 0.717) is 12.6 Å². The molecular formula is C20H28N4O3. The fraction of sp³-hybridized carbons (Fsp3) is 0.650. The number of nitro groups is 1. The van der Waals surface area contributed by atoms with Crippen LogP contribution in [0.3, 0.4) is 0 Å². The molecule has 2 bridgehead atoms. The quantitative estimate of drug-likeness (QED) is 0.347. The summed E-state index contributed by atoms with van der Waals surface area (Å²) in [5.74, 6) is 2.48. The number of fused-ring (bicyclic) bond motifs is 2. The van der Waals surface area contributed by atoms with Crippen molar-refractivity contribution in [2.24, 2.45) is 16.8 Å². The van der Waals surface area contributed by atoms with E-state index >= 15 is 0 Å². The molecule has 2 aliphatic carbocycles. The van der Waals surface area contributed by atoms with Crippen LogP contribution in [0, 0.1) is 22.0 Å². The molecule has 3 aliphatic rings. The maximum atomic E-state index is 10.8. The van der Waals surface area contributed by atoms with E-state index in [0.717, 1.165) is 49.4 Å². The Kier molecular flexibility index (Phi) is 5.57. The van der Waals surface area contributed by atoms with Gasteiger partial charge >= 0.3 is 0 Å². The molecule has 0 amide bonds. The fourth-order valence-corrected chi connectivity index (χ4v) is 4.66. The molecule has 4 rings (SSSR count). The molecule has 7 nitrogen and oxygen atoms in total. The Morgan fingerprint density at radius 2 is 2.07 bits per heavy atom. The first-order chi connectivity index (χ1) is 13.2. The van der Waals surface area contributed by atoms with Crippen LogP contribution < -0.4 is 10.6 Å². The SMILES string of the molecule is O=[N+]([O-])c1ccc(CN=C(NCC2CCCO2)NC2CC3CCC2C3)cc1. The molecule has 1 heterocycles. The van der Waals surface area contributed by atoms with Gasteiger partial charge in [-0.15, -0.1) is 0 Å². The number of hydrogen-bond acceptors (Lipinski definition) is 4. The van der Waals surface area contributed by atoms with Gasteiger partial charge in [0.15, 0.2) is 5.96 Å². The van der Waals surface area contributed by atoms with Gasteiger partial charge in [-0.2, -0.15) is 0 Å². The molecule has 0 spiro atoms. The zero-order chi connectivity index (χ0) is 18.6. The molecule has 2 N–H and O–H groups in total. The van der Waals surface area contributed by atoms with Crippen molar-refractivity contribution in [3.8, 4) is 0 Å². The van der Waals surface area contributed by atoms with Gasteiger partial charge in [-0.05, 0) is 49.5 Å². The topological polar surface area (TPSA) is 88.8 Å². The highest BCUT2D eigenvalue weighted by molar-refractivity contribution is 5.80. The van der Waals surface area contributed by atoms with Crippen LogP contribution in [0.15, 0.2) is 29.3 Å². The van der Waals surface area contributed by atoms with E-state index < -0.39 is 0 Å². The van der Waals surface area contributed by atoms with Gasteiger partial charge in [0.2, 0.25) is 0 Å². The monoisotopic (exact) mass is 372 g/mol. The predicted molar refractivity (Wildman–Crippen MR) is 104 cm³/mol. The van der Waals surface area contributed by atoms with Crippen LogP contribution in [-0.2, 0) is 11.3 Å². The summed E-state index contributed by atoms with van der Waals surface area (Å²) in [5, 5.41) is 17.9. The Hall–Kier alpha value is -2.15. The van der Waals surface area contributed by atoms with Crippen molar-refractivity contribution in [1.82, 2.24) is 10.6 Å². The lowest BCUT2D eigenvalue weighted by molar-refractivity contribution is -0.384. The minimum Gasteiger partial charge on any atom is -0.376 e. The second-order valence-corrected chi connectivity index (χ2v) is 8.03. The largest absolute Gasteiger partial charge is 0.376 e. The minimum absolute atomic E-state index is 0.111. The third kappa shape index (κ3) is 4.58. The number of benzene rings is 1. The summed E-state index contributed by atoms with van der Waals surface area (Å²) in [6.45, 7) is 2.12. The number of aliphatic imine (C=N–C) groups is 1. The third-order valence-electron chi connectivity index (χ3n) is 6.15. The molecule has 4 atom stereocenters. The molecule has 1 aliphatic heterocycles. The average Bonchev–Trinajstić information content (AvgIpc) is 3.42. The van der Waals surface area contributed by atoms with Crippen molar-refractivity contribution in [3.05, 3.63) is 39.9 Å². The lowest BCUT2D eigenvalue weighted by Gasteiger charge is -2.26. The third-order valence-corrected chi connectivity index (χ3v) is 6.15. The number of non-ortho nitro benzene ring substituents is 1. The molecular weight excluding hydrogens is 344 g/mol. The fourth-order valence-electron chi connectivity index (χ4n) is 4.66. The zero-order valence-corrected chi connectivity index (χ0v) is 15.6. The molecule has 146 valence electrons. The smallest absolute Gasteiger partial charge is 0.269 e. The first-order valence-corrected chi connectivity index (χ1v) is 10.1. The van der Waals surface area contributed by atoms with Crippen molar-refractivity contribution < 1.29 is 9.66 Å². The van der Waals surface area contributed by atoms with Crippen LogP contribution in [0.4, 0.5) is 5.69 Å². The summed E-state index contributed by atoms with van der Waals surface area (Å²) in [7, 11) is 0. The van der Waals surface area contributed by atoms with Crippen molar-refractivity contribution in [1.29, 1.82) is 0 Å². The second-order valence-electron chi connectivity index (χ2n) is 8.03. The summed E-state index contributed by atoms with van der Waals surface area (Å²) in [4.78, 5) is 15.2. The summed E-state index contributed by atoms with van der Waals surface area (Å²) in [5.41, 5.74) is 1.08. The Morgan fingerprint density at radius 1 is 1.22 bits per heavy atom. The Balaban J connectivity index is 1.39. The van der Waals surface area contributed by atoms with E-state index in [9.17, 15) is 10.1 Å². The Labute approximate surface area is 159 Å². The van der Waals surface area contributed by atoms with Gasteiger partial charge in [0.1, 0.15) is 0 Å². The Morgan fingerprint density at radius 3 is 2.70 bits per heavy atom. The first kappa shape index (κ1) is 18.2. The first-order valence-electron chi connectivity index (χ1n) is 10.1. The maximum absolute atomic E-state index is 10.8. The molecule has 27 heavy (non-hydrogen) atoms. The normalized spacial score (nSPS) is 29.9. The van der Waals surface area contributed by atoms with Crippen LogP contribution in [0.25, 0.3) is 0 Å². The number of guanidine groups is 1. The molecule has 0 aromatic heterocycles. The minimum atomic E-state index is -0.377. The summed E-state index contributed by atoms with van der Waals surface area (Å²) >= 11 is 0. The summed E-state index contributed by atoms with van der Waals surface area (Å²) in [6, 6.07) is 7.13. The van der Waals surface area contributed by atoms with Gasteiger partial charge in [0, 0.05) is 31.3 Å². The molecule has 0 radical (unpaired) electrons. The van der Waals surface area contributed by atoms with Crippen molar-refractivity contribution in [2.75, 3.05) is 13.2 Å². The van der Waals surface area contributed by atoms with Crippen molar-refractivity contribution in [2.45, 2.75) is 57.2 Å². The molecule has 3 fully saturated rings. The van der Waals surface area contributed by atoms with E-state index in [1.54, 1.807) is 12.1 Å². The van der Waals surface area contributed by atoms with Crippen LogP contribution in [-0.4, -0.2) is 36.2 Å². The van der Waals surface area contributed by atoms with E-state index in [-0.39, 0.29) is 16.7 Å². The molecule has 7 heteroatoms. The highest BCUT2D eigenvalue weighted by Gasteiger charge is 2.39. The van der Waals surface area contributed by atoms with Gasteiger partial charge < -0.3 is 15.4 Å². The van der Waals surface area contributed by atoms with Crippen LogP contribution in [0.5, 0.6) is 0 Å². The van der Waals surface area contributed by atoms with Gasteiger partial charge in [0.05, 0.1) is 17.6 Å². The van der Waals surface area contributed by atoms with E-state index in [1.165, 1.54) is 37.8 Å². The van der Waals surface area contributed by atoms with Gasteiger partial charge in [-0.1, -0.05) is 18.6 Å². The second kappa shape index (κ2) is 8.25. The van der Waals surface area contributed by atoms with Gasteiger partial charge in [-0.25, -0.2) is 4.99 Å². The zero-order valence-electron chi connectivity index (χ0n) is 15.6. The standard InChI is InChI=1S/C20H28N4O3/c25-24(26)17-7-4-14(5-8-17)12-21-20(22-13-18-2-1-9-27-18)23-19-11-15-3-6-16(19)10-15/h4-5,7-8,15-16,18-19H,1-3,6,9-13H2,(H2,21,22,23). The molecule has 1 aromatic carbocycles. The molecule has 4 unspecified atom stereocenters. The number of nitrogens with one attached hydrogen (secondary N) is 2. The molecule has 2 saturated carbocycles. The predicted octanol–water partition coefficient (Wildman–Crippen LogP) is 3.00. The van der Waals surface area contributed by atoms with E-state index in [1.807, 2.05) is 0 Å². The van der Waals surface area contributed by atoms with Crippen LogP contribution in [0.1, 0.15) is 44.1 Å². The highest BCUT2D eigenvalue weighted by Crippen LogP contribution is 2.44. The lowest BCUT2D eigenvalue weighted by atomic mass is 9.95. The summed E-state index contributed by atoms with van der Waals surface area (Å²) in [6.07, 6.45) is 7.77. The highest BCUT2D eigenvalue weighted by atomic mass is 16.6. The average molecular weight is 372 g/mol.